The van der Waals surface area contributed by atoms with Crippen LogP contribution in [0.5, 0.6) is 11.5 Å². The van der Waals surface area contributed by atoms with Crippen molar-refractivity contribution in [3.8, 4) is 11.5 Å². The minimum atomic E-state index is -0.108. The largest absolute Gasteiger partial charge is 0.493 e. The van der Waals surface area contributed by atoms with Gasteiger partial charge in [-0.1, -0.05) is 30.3 Å². The van der Waals surface area contributed by atoms with Crippen LogP contribution in [0.4, 0.5) is 0 Å². The number of carbonyl (C=O) groups is 1. The van der Waals surface area contributed by atoms with Crippen molar-refractivity contribution < 1.29 is 14.3 Å². The monoisotopic (exact) mass is 410 g/mol. The molecule has 1 aromatic heterocycles. The predicted octanol–water partition coefficient (Wildman–Crippen LogP) is 4.79. The number of nitrogens with one attached hydrogen (secondary N) is 1. The highest BCUT2D eigenvalue weighted by Crippen LogP contribution is 2.28. The zero-order chi connectivity index (χ0) is 20.5. The molecular formula is C23H26N2O3S. The summed E-state index contributed by atoms with van der Waals surface area (Å²) in [7, 11) is 1.58. The molecule has 0 saturated heterocycles. The number of ether oxygens (including phenoxy) is 2. The van der Waals surface area contributed by atoms with Gasteiger partial charge in [-0.15, -0.1) is 11.3 Å². The fraction of sp³-hybridized carbons (Fsp3) is 0.304. The first-order chi connectivity index (χ1) is 14.2. The number of amides is 1. The topological polar surface area (TPSA) is 60.5 Å². The van der Waals surface area contributed by atoms with Crippen LogP contribution in [0, 0.1) is 6.92 Å². The maximum Gasteiger partial charge on any atom is 0.251 e. The Morgan fingerprint density at radius 3 is 2.66 bits per heavy atom. The Balaban J connectivity index is 1.47. The van der Waals surface area contributed by atoms with E-state index in [1.807, 2.05) is 37.3 Å². The summed E-state index contributed by atoms with van der Waals surface area (Å²) < 4.78 is 11.3. The van der Waals surface area contributed by atoms with Crippen molar-refractivity contribution in [1.29, 1.82) is 0 Å². The quantitative estimate of drug-likeness (QED) is 0.488. The molecule has 6 heteroatoms. The minimum absolute atomic E-state index is 0.108. The molecule has 0 aliphatic heterocycles. The van der Waals surface area contributed by atoms with E-state index in [0.717, 1.165) is 35.5 Å². The molecule has 5 nitrogen and oxygen atoms in total. The second-order valence-electron chi connectivity index (χ2n) is 6.74. The average Bonchev–Trinajstić information content (AvgIpc) is 3.17. The van der Waals surface area contributed by atoms with Gasteiger partial charge in [-0.25, -0.2) is 4.98 Å². The summed E-state index contributed by atoms with van der Waals surface area (Å²) in [5, 5.41) is 6.19. The molecule has 3 rings (SSSR count). The predicted molar refractivity (Wildman–Crippen MR) is 116 cm³/mol. The van der Waals surface area contributed by atoms with Crippen LogP contribution in [-0.2, 0) is 13.0 Å². The third-order valence-electron chi connectivity index (χ3n) is 4.43. The molecule has 152 valence electrons. The number of hydrogen-bond acceptors (Lipinski definition) is 5. The van der Waals surface area contributed by atoms with Gasteiger partial charge in [0.25, 0.3) is 5.91 Å². The number of nitrogens with zero attached hydrogens (tertiary/aromatic N) is 1. The van der Waals surface area contributed by atoms with Crippen LogP contribution in [0.25, 0.3) is 0 Å². The van der Waals surface area contributed by atoms with E-state index in [4.69, 9.17) is 9.47 Å². The number of rotatable bonds is 10. The van der Waals surface area contributed by atoms with E-state index in [0.29, 0.717) is 30.2 Å². The Hall–Kier alpha value is -2.86. The summed E-state index contributed by atoms with van der Waals surface area (Å²) in [6.07, 6.45) is 2.87. The number of thiazole rings is 1. The highest BCUT2D eigenvalue weighted by atomic mass is 32.1. The molecule has 1 heterocycles. The number of methoxy groups -OCH3 is 1. The fourth-order valence-electron chi connectivity index (χ4n) is 2.89. The van der Waals surface area contributed by atoms with Crippen LogP contribution in [0.1, 0.15) is 39.5 Å². The molecule has 0 saturated carbocycles. The summed E-state index contributed by atoms with van der Waals surface area (Å²) >= 11 is 1.69. The second kappa shape index (κ2) is 10.6. The lowest BCUT2D eigenvalue weighted by Crippen LogP contribution is -2.24. The highest BCUT2D eigenvalue weighted by Gasteiger charge is 2.11. The Kier molecular flexibility index (Phi) is 7.64. The van der Waals surface area contributed by atoms with E-state index < -0.39 is 0 Å². The van der Waals surface area contributed by atoms with Crippen molar-refractivity contribution in [3.63, 3.8) is 0 Å². The molecule has 0 fully saturated rings. The van der Waals surface area contributed by atoms with Gasteiger partial charge in [0.1, 0.15) is 6.61 Å². The van der Waals surface area contributed by atoms with Gasteiger partial charge in [0.15, 0.2) is 11.5 Å². The van der Waals surface area contributed by atoms with Crippen molar-refractivity contribution in [2.75, 3.05) is 13.7 Å². The Labute approximate surface area is 175 Å². The van der Waals surface area contributed by atoms with Crippen molar-refractivity contribution in [2.24, 2.45) is 0 Å². The van der Waals surface area contributed by atoms with Crippen LogP contribution < -0.4 is 14.8 Å². The minimum Gasteiger partial charge on any atom is -0.493 e. The van der Waals surface area contributed by atoms with Crippen molar-refractivity contribution in [1.82, 2.24) is 10.3 Å². The van der Waals surface area contributed by atoms with Gasteiger partial charge >= 0.3 is 0 Å². The molecule has 29 heavy (non-hydrogen) atoms. The van der Waals surface area contributed by atoms with Gasteiger partial charge in [0.2, 0.25) is 0 Å². The van der Waals surface area contributed by atoms with Gasteiger partial charge in [-0.3, -0.25) is 4.79 Å². The lowest BCUT2D eigenvalue weighted by Gasteiger charge is -2.12. The summed E-state index contributed by atoms with van der Waals surface area (Å²) in [5.74, 6) is 1.06. The van der Waals surface area contributed by atoms with E-state index in [9.17, 15) is 4.79 Å². The lowest BCUT2D eigenvalue weighted by atomic mass is 10.1. The van der Waals surface area contributed by atoms with E-state index in [2.05, 4.69) is 15.7 Å². The zero-order valence-corrected chi connectivity index (χ0v) is 17.6. The van der Waals surface area contributed by atoms with E-state index in [1.165, 1.54) is 0 Å². The Morgan fingerprint density at radius 1 is 1.10 bits per heavy atom. The van der Waals surface area contributed by atoms with Crippen LogP contribution in [0.3, 0.4) is 0 Å². The van der Waals surface area contributed by atoms with Gasteiger partial charge in [0, 0.05) is 23.2 Å². The summed E-state index contributed by atoms with van der Waals surface area (Å²) in [6, 6.07) is 15.2. The number of unbranched alkanes of at least 4 members (excludes halogenated alkanes) is 1. The third-order valence-corrected chi connectivity index (χ3v) is 5.46. The van der Waals surface area contributed by atoms with E-state index >= 15 is 0 Å². The first kappa shape index (κ1) is 20.9. The number of carbonyl (C=O) groups excluding carboxylic acids is 1. The van der Waals surface area contributed by atoms with E-state index in [-0.39, 0.29) is 5.91 Å². The fourth-order valence-corrected chi connectivity index (χ4v) is 3.70. The number of benzene rings is 2. The first-order valence-corrected chi connectivity index (χ1v) is 10.6. The molecule has 0 radical (unpaired) electrons. The smallest absolute Gasteiger partial charge is 0.251 e. The SMILES string of the molecule is COc1cc(C(=O)NCCCCc2nc(C)cs2)ccc1OCc1ccccc1. The standard InChI is InChI=1S/C23H26N2O3S/c1-17-16-29-22(25-17)10-6-7-13-24-23(26)19-11-12-20(21(14-19)27-2)28-15-18-8-4-3-5-9-18/h3-5,8-9,11-12,14,16H,6-7,10,13,15H2,1-2H3,(H,24,26). The molecule has 3 aromatic rings. The Morgan fingerprint density at radius 2 is 1.93 bits per heavy atom. The molecule has 0 bridgehead atoms. The van der Waals surface area contributed by atoms with Crippen LogP contribution >= 0.6 is 11.3 Å². The summed E-state index contributed by atoms with van der Waals surface area (Å²) in [5.41, 5.74) is 2.71. The molecule has 0 spiro atoms. The molecule has 2 aromatic carbocycles. The maximum absolute atomic E-state index is 12.4. The van der Waals surface area contributed by atoms with Gasteiger partial charge in [-0.05, 0) is 49.9 Å². The van der Waals surface area contributed by atoms with Crippen LogP contribution in [-0.4, -0.2) is 24.5 Å². The van der Waals surface area contributed by atoms with E-state index in [1.54, 1.807) is 36.6 Å². The van der Waals surface area contributed by atoms with Crippen molar-refractivity contribution >= 4 is 17.2 Å². The number of hydrogen-bond donors (Lipinski definition) is 1. The number of aromatic nitrogens is 1. The molecule has 0 aliphatic carbocycles. The number of aryl methyl sites for hydroxylation is 2. The molecule has 1 amide bonds. The zero-order valence-electron chi connectivity index (χ0n) is 16.8. The van der Waals surface area contributed by atoms with Crippen molar-refractivity contribution in [3.05, 3.63) is 75.7 Å². The van der Waals surface area contributed by atoms with Crippen molar-refractivity contribution in [2.45, 2.75) is 32.8 Å². The average molecular weight is 411 g/mol. The first-order valence-electron chi connectivity index (χ1n) is 9.69. The Bertz CT molecular complexity index is 925. The second-order valence-corrected chi connectivity index (χ2v) is 7.68. The van der Waals surface area contributed by atoms with Crippen LogP contribution in [0.15, 0.2) is 53.9 Å². The summed E-state index contributed by atoms with van der Waals surface area (Å²) in [4.78, 5) is 16.9. The maximum atomic E-state index is 12.4. The molecule has 1 N–H and O–H groups in total. The molecular weight excluding hydrogens is 384 g/mol. The molecule has 0 aliphatic rings. The van der Waals surface area contributed by atoms with Gasteiger partial charge in [0.05, 0.1) is 12.1 Å². The molecule has 0 unspecified atom stereocenters. The molecule has 0 atom stereocenters. The normalized spacial score (nSPS) is 10.6. The lowest BCUT2D eigenvalue weighted by molar-refractivity contribution is 0.0952. The van der Waals surface area contributed by atoms with Crippen LogP contribution in [0.2, 0.25) is 0 Å². The van der Waals surface area contributed by atoms with Gasteiger partial charge in [-0.2, -0.15) is 0 Å². The summed E-state index contributed by atoms with van der Waals surface area (Å²) in [6.45, 7) is 3.09. The highest BCUT2D eigenvalue weighted by molar-refractivity contribution is 7.09. The third kappa shape index (κ3) is 6.32. The van der Waals surface area contributed by atoms with Gasteiger partial charge < -0.3 is 14.8 Å².